The smallest absolute Gasteiger partial charge is 0.256 e. The van der Waals surface area contributed by atoms with Crippen molar-refractivity contribution >= 4 is 32.5 Å². The van der Waals surface area contributed by atoms with Gasteiger partial charge in [-0.05, 0) is 61.7 Å². The molecule has 0 aliphatic carbocycles. The highest BCUT2D eigenvalue weighted by molar-refractivity contribution is 7.89. The van der Waals surface area contributed by atoms with E-state index >= 15 is 0 Å². The van der Waals surface area contributed by atoms with Gasteiger partial charge in [0.25, 0.3) is 5.91 Å². The highest BCUT2D eigenvalue weighted by Crippen LogP contribution is 2.28. The minimum atomic E-state index is -3.61. The predicted molar refractivity (Wildman–Crippen MR) is 137 cm³/mol. The lowest BCUT2D eigenvalue weighted by Gasteiger charge is -2.26. The molecule has 178 valence electrons. The zero-order chi connectivity index (χ0) is 24.4. The van der Waals surface area contributed by atoms with Crippen LogP contribution in [0.4, 0.5) is 5.69 Å². The second kappa shape index (κ2) is 9.56. The molecule has 1 aliphatic rings. The molecule has 1 aliphatic heterocycles. The SMILES string of the molecule is Cc1ccc(S(=O)(=O)N2CCCCC2)cc1NC(=O)c1cc(-c2ccncc2)nc2ccccc12. The Labute approximate surface area is 204 Å². The van der Waals surface area contributed by atoms with Crippen molar-refractivity contribution < 1.29 is 13.2 Å². The molecule has 0 saturated carbocycles. The molecule has 2 aromatic carbocycles. The van der Waals surface area contributed by atoms with Crippen molar-refractivity contribution in [2.24, 2.45) is 0 Å². The summed E-state index contributed by atoms with van der Waals surface area (Å²) in [6.07, 6.45) is 6.14. The molecule has 3 heterocycles. The second-order valence-electron chi connectivity index (χ2n) is 8.70. The van der Waals surface area contributed by atoms with Gasteiger partial charge in [-0.3, -0.25) is 9.78 Å². The molecule has 2 aromatic heterocycles. The van der Waals surface area contributed by atoms with E-state index in [1.807, 2.05) is 43.3 Å². The lowest BCUT2D eigenvalue weighted by Crippen LogP contribution is -2.35. The van der Waals surface area contributed by atoms with E-state index in [2.05, 4.69) is 10.3 Å². The van der Waals surface area contributed by atoms with Gasteiger partial charge in [-0.15, -0.1) is 0 Å². The fraction of sp³-hybridized carbons (Fsp3) is 0.222. The first-order valence-electron chi connectivity index (χ1n) is 11.7. The van der Waals surface area contributed by atoms with Crippen LogP contribution in [0.3, 0.4) is 0 Å². The Kier molecular flexibility index (Phi) is 6.32. The van der Waals surface area contributed by atoms with Crippen molar-refractivity contribution in [3.63, 3.8) is 0 Å². The van der Waals surface area contributed by atoms with Crippen molar-refractivity contribution in [3.8, 4) is 11.3 Å². The molecule has 1 amide bonds. The Morgan fingerprint density at radius 1 is 0.943 bits per heavy atom. The van der Waals surface area contributed by atoms with Gasteiger partial charge in [0.1, 0.15) is 0 Å². The number of rotatable bonds is 5. The number of amides is 1. The standard InChI is InChI=1S/C27H26N4O3S/c1-19-9-10-21(35(33,34)31-15-5-2-6-16-31)17-25(19)30-27(32)23-18-26(20-11-13-28-14-12-20)29-24-8-4-3-7-22(23)24/h3-4,7-14,17-18H,2,5-6,15-16H2,1H3,(H,30,32). The molecule has 0 bridgehead atoms. The number of hydrogen-bond acceptors (Lipinski definition) is 5. The first kappa shape index (κ1) is 23.1. The molecule has 0 unspecified atom stereocenters. The summed E-state index contributed by atoms with van der Waals surface area (Å²) in [5.74, 6) is -0.325. The molecule has 0 radical (unpaired) electrons. The van der Waals surface area contributed by atoms with E-state index in [1.165, 1.54) is 4.31 Å². The number of aromatic nitrogens is 2. The zero-order valence-corrected chi connectivity index (χ0v) is 20.3. The Morgan fingerprint density at radius 2 is 1.69 bits per heavy atom. The van der Waals surface area contributed by atoms with Crippen molar-refractivity contribution in [3.05, 3.63) is 84.2 Å². The van der Waals surface area contributed by atoms with E-state index in [0.717, 1.165) is 35.8 Å². The van der Waals surface area contributed by atoms with E-state index in [4.69, 9.17) is 4.98 Å². The first-order valence-corrected chi connectivity index (χ1v) is 13.1. The molecule has 7 nitrogen and oxygen atoms in total. The summed E-state index contributed by atoms with van der Waals surface area (Å²) in [5.41, 5.74) is 3.93. The summed E-state index contributed by atoms with van der Waals surface area (Å²) in [5, 5.41) is 3.67. The lowest BCUT2D eigenvalue weighted by molar-refractivity contribution is 0.102. The van der Waals surface area contributed by atoms with Gasteiger partial charge in [0.05, 0.1) is 21.7 Å². The zero-order valence-electron chi connectivity index (χ0n) is 19.4. The highest BCUT2D eigenvalue weighted by atomic mass is 32.2. The van der Waals surface area contributed by atoms with Crippen LogP contribution in [0.15, 0.2) is 78.0 Å². The Bertz CT molecular complexity index is 1500. The molecule has 1 fully saturated rings. The Hall–Kier alpha value is -3.62. The number of aryl methyl sites for hydroxylation is 1. The van der Waals surface area contributed by atoms with Crippen LogP contribution in [0.2, 0.25) is 0 Å². The van der Waals surface area contributed by atoms with Gasteiger partial charge in [0.15, 0.2) is 0 Å². The fourth-order valence-corrected chi connectivity index (χ4v) is 5.92. The van der Waals surface area contributed by atoms with Crippen LogP contribution in [-0.4, -0.2) is 41.7 Å². The first-order chi connectivity index (χ1) is 16.9. The number of anilines is 1. The molecule has 35 heavy (non-hydrogen) atoms. The predicted octanol–water partition coefficient (Wildman–Crippen LogP) is 5.03. The summed E-state index contributed by atoms with van der Waals surface area (Å²) in [6, 6.07) is 17.8. The van der Waals surface area contributed by atoms with Crippen LogP contribution in [0.5, 0.6) is 0 Å². The third-order valence-electron chi connectivity index (χ3n) is 6.35. The largest absolute Gasteiger partial charge is 0.322 e. The molecule has 4 aromatic rings. The van der Waals surface area contributed by atoms with Gasteiger partial charge in [0.2, 0.25) is 10.0 Å². The van der Waals surface area contributed by atoms with Gasteiger partial charge in [-0.1, -0.05) is 30.7 Å². The van der Waals surface area contributed by atoms with E-state index in [1.54, 1.807) is 36.7 Å². The maximum Gasteiger partial charge on any atom is 0.256 e. The quantitative estimate of drug-likeness (QED) is 0.427. The van der Waals surface area contributed by atoms with Crippen LogP contribution in [0, 0.1) is 6.92 Å². The maximum atomic E-state index is 13.5. The van der Waals surface area contributed by atoms with Gasteiger partial charge >= 0.3 is 0 Å². The molecular weight excluding hydrogens is 460 g/mol. The van der Waals surface area contributed by atoms with Crippen molar-refractivity contribution in [1.82, 2.24) is 14.3 Å². The topological polar surface area (TPSA) is 92.3 Å². The van der Waals surface area contributed by atoms with Gasteiger partial charge < -0.3 is 5.32 Å². The van der Waals surface area contributed by atoms with E-state index < -0.39 is 10.0 Å². The number of fused-ring (bicyclic) bond motifs is 1. The number of benzene rings is 2. The van der Waals surface area contributed by atoms with Crippen LogP contribution >= 0.6 is 0 Å². The van der Waals surface area contributed by atoms with Crippen LogP contribution < -0.4 is 5.32 Å². The molecule has 0 spiro atoms. The monoisotopic (exact) mass is 486 g/mol. The van der Waals surface area contributed by atoms with Gasteiger partial charge in [0, 0.05) is 42.1 Å². The minimum Gasteiger partial charge on any atom is -0.322 e. The van der Waals surface area contributed by atoms with E-state index in [-0.39, 0.29) is 10.8 Å². The van der Waals surface area contributed by atoms with Crippen molar-refractivity contribution in [2.45, 2.75) is 31.1 Å². The van der Waals surface area contributed by atoms with E-state index in [9.17, 15) is 13.2 Å². The fourth-order valence-electron chi connectivity index (χ4n) is 4.37. The molecule has 1 saturated heterocycles. The third-order valence-corrected chi connectivity index (χ3v) is 8.24. The average molecular weight is 487 g/mol. The van der Waals surface area contributed by atoms with Crippen LogP contribution in [0.25, 0.3) is 22.2 Å². The Morgan fingerprint density at radius 3 is 2.46 bits per heavy atom. The number of nitrogens with one attached hydrogen (secondary N) is 1. The lowest BCUT2D eigenvalue weighted by atomic mass is 10.0. The number of nitrogens with zero attached hydrogens (tertiary/aromatic N) is 3. The number of para-hydroxylation sites is 1. The third kappa shape index (κ3) is 4.67. The summed E-state index contributed by atoms with van der Waals surface area (Å²) in [7, 11) is -3.61. The molecule has 1 N–H and O–H groups in total. The summed E-state index contributed by atoms with van der Waals surface area (Å²) in [6.45, 7) is 2.90. The number of sulfonamides is 1. The summed E-state index contributed by atoms with van der Waals surface area (Å²) in [4.78, 5) is 22.5. The van der Waals surface area contributed by atoms with Crippen molar-refractivity contribution in [2.75, 3.05) is 18.4 Å². The maximum absolute atomic E-state index is 13.5. The molecular formula is C27H26N4O3S. The number of hydrogen-bond donors (Lipinski definition) is 1. The van der Waals surface area contributed by atoms with E-state index in [0.29, 0.717) is 35.6 Å². The summed E-state index contributed by atoms with van der Waals surface area (Å²) < 4.78 is 27.9. The van der Waals surface area contributed by atoms with Crippen LogP contribution in [0.1, 0.15) is 35.2 Å². The number of pyridine rings is 2. The molecule has 5 rings (SSSR count). The molecule has 8 heteroatoms. The number of carbonyl (C=O) groups excluding carboxylic acids is 1. The van der Waals surface area contributed by atoms with Crippen molar-refractivity contribution in [1.29, 1.82) is 0 Å². The Balaban J connectivity index is 1.51. The summed E-state index contributed by atoms with van der Waals surface area (Å²) >= 11 is 0. The minimum absolute atomic E-state index is 0.192. The van der Waals surface area contributed by atoms with Gasteiger partial charge in [-0.25, -0.2) is 13.4 Å². The molecule has 0 atom stereocenters. The van der Waals surface area contributed by atoms with Crippen LogP contribution in [-0.2, 0) is 10.0 Å². The number of piperidine rings is 1. The highest BCUT2D eigenvalue weighted by Gasteiger charge is 2.26. The average Bonchev–Trinajstić information content (AvgIpc) is 2.90. The second-order valence-corrected chi connectivity index (χ2v) is 10.6. The number of carbonyl (C=O) groups is 1. The van der Waals surface area contributed by atoms with Gasteiger partial charge in [-0.2, -0.15) is 4.31 Å². The normalized spacial score (nSPS) is 14.7.